The van der Waals surface area contributed by atoms with Crippen molar-refractivity contribution in [2.24, 2.45) is 10.7 Å². The van der Waals surface area contributed by atoms with E-state index in [0.717, 1.165) is 5.56 Å². The number of phenolic OH excluding ortho intramolecular Hbond substituents is 1. The molecule has 1 aromatic carbocycles. The summed E-state index contributed by atoms with van der Waals surface area (Å²) in [6.45, 7) is 0. The number of rotatable bonds is 4. The number of benzene rings is 1. The highest BCUT2D eigenvalue weighted by Crippen LogP contribution is 2.43. The van der Waals surface area contributed by atoms with E-state index in [1.165, 1.54) is 12.3 Å². The molecule has 0 saturated heterocycles. The zero-order valence-electron chi connectivity index (χ0n) is 11.9. The zero-order chi connectivity index (χ0) is 16.1. The Morgan fingerprint density at radius 3 is 2.55 bits per heavy atom. The Morgan fingerprint density at radius 1 is 1.27 bits per heavy atom. The van der Waals surface area contributed by atoms with Gasteiger partial charge in [-0.15, -0.1) is 0 Å². The second-order valence-electron chi connectivity index (χ2n) is 4.56. The molecule has 114 valence electrons. The van der Waals surface area contributed by atoms with Gasteiger partial charge in [0, 0.05) is 37.1 Å². The summed E-state index contributed by atoms with van der Waals surface area (Å²) in [5.41, 5.74) is 7.78. The lowest BCUT2D eigenvalue weighted by Gasteiger charge is -2.21. The minimum atomic E-state index is -0.400. The number of halogens is 2. The maximum atomic E-state index is 10.3. The summed E-state index contributed by atoms with van der Waals surface area (Å²) in [6, 6.07) is 6.71. The van der Waals surface area contributed by atoms with E-state index in [9.17, 15) is 5.11 Å². The molecule has 0 spiro atoms. The molecule has 2 aromatic rings. The normalized spacial score (nSPS) is 13.5. The van der Waals surface area contributed by atoms with Crippen LogP contribution in [-0.2, 0) is 0 Å². The lowest BCUT2D eigenvalue weighted by Crippen LogP contribution is -2.09. The van der Waals surface area contributed by atoms with Crippen molar-refractivity contribution in [3.05, 3.63) is 69.6 Å². The fourth-order valence-corrected chi connectivity index (χ4v) is 2.71. The van der Waals surface area contributed by atoms with Crippen molar-refractivity contribution in [1.82, 2.24) is 4.98 Å². The van der Waals surface area contributed by atoms with E-state index in [-0.39, 0.29) is 10.8 Å². The molecule has 0 bridgehead atoms. The molecule has 2 rings (SSSR count). The first-order valence-corrected chi connectivity index (χ1v) is 7.26. The fraction of sp³-hybridized carbons (Fsp3) is 0.125. The van der Waals surface area contributed by atoms with Gasteiger partial charge >= 0.3 is 0 Å². The van der Waals surface area contributed by atoms with Gasteiger partial charge in [-0.05, 0) is 41.6 Å². The Labute approximate surface area is 138 Å². The van der Waals surface area contributed by atoms with Crippen molar-refractivity contribution >= 4 is 29.4 Å². The molecule has 6 heteroatoms. The van der Waals surface area contributed by atoms with Crippen LogP contribution >= 0.6 is 23.2 Å². The van der Waals surface area contributed by atoms with Gasteiger partial charge in [-0.1, -0.05) is 23.2 Å². The van der Waals surface area contributed by atoms with Crippen LogP contribution in [0.2, 0.25) is 10.0 Å². The molecule has 0 saturated carbocycles. The number of allylic oxidation sites excluding steroid dienone is 1. The van der Waals surface area contributed by atoms with Crippen molar-refractivity contribution in [3.63, 3.8) is 0 Å². The molecule has 22 heavy (non-hydrogen) atoms. The molecule has 0 aliphatic rings. The summed E-state index contributed by atoms with van der Waals surface area (Å²) in [7, 11) is 1.65. The van der Waals surface area contributed by atoms with Crippen molar-refractivity contribution in [1.29, 1.82) is 0 Å². The van der Waals surface area contributed by atoms with Crippen LogP contribution < -0.4 is 5.73 Å². The molecule has 4 nitrogen and oxygen atoms in total. The van der Waals surface area contributed by atoms with Crippen molar-refractivity contribution in [2.75, 3.05) is 7.05 Å². The number of pyridine rings is 1. The molecule has 0 amide bonds. The van der Waals surface area contributed by atoms with Gasteiger partial charge in [0.15, 0.2) is 0 Å². The average Bonchev–Trinajstić information content (AvgIpc) is 2.54. The highest BCUT2D eigenvalue weighted by Gasteiger charge is 2.25. The molecular formula is C16H15Cl2N3O. The summed E-state index contributed by atoms with van der Waals surface area (Å²) in [5.74, 6) is -0.358. The standard InChI is InChI=1S/C16H15Cl2N3O/c1-20-9-11(8-19)14(10-4-6-21-7-5-10)15-13(22)3-2-12(17)16(15)18/h2-9,14,22H,19H2,1H3. The van der Waals surface area contributed by atoms with Gasteiger partial charge in [0.05, 0.1) is 10.0 Å². The zero-order valence-corrected chi connectivity index (χ0v) is 13.4. The number of nitrogens with two attached hydrogens (primary N) is 1. The molecule has 1 atom stereocenters. The van der Waals surface area contributed by atoms with Gasteiger partial charge in [0.25, 0.3) is 0 Å². The van der Waals surface area contributed by atoms with Crippen LogP contribution in [0.5, 0.6) is 5.75 Å². The number of aromatic hydroxyl groups is 1. The molecular weight excluding hydrogens is 321 g/mol. The topological polar surface area (TPSA) is 71.5 Å². The monoisotopic (exact) mass is 335 g/mol. The highest BCUT2D eigenvalue weighted by molar-refractivity contribution is 6.42. The van der Waals surface area contributed by atoms with Crippen LogP contribution in [0.4, 0.5) is 0 Å². The Bertz CT molecular complexity index is 715. The summed E-state index contributed by atoms with van der Waals surface area (Å²) in [4.78, 5) is 8.02. The molecule has 1 aromatic heterocycles. The van der Waals surface area contributed by atoms with E-state index in [2.05, 4.69) is 9.98 Å². The van der Waals surface area contributed by atoms with Crippen LogP contribution in [0.25, 0.3) is 0 Å². The number of aliphatic imine (C=N–C) groups is 1. The number of aromatic nitrogens is 1. The average molecular weight is 336 g/mol. The van der Waals surface area contributed by atoms with Crippen molar-refractivity contribution in [2.45, 2.75) is 5.92 Å². The summed E-state index contributed by atoms with van der Waals surface area (Å²) < 4.78 is 0. The van der Waals surface area contributed by atoms with Crippen LogP contribution in [0.3, 0.4) is 0 Å². The Hall–Kier alpha value is -2.04. The molecule has 0 fully saturated rings. The van der Waals surface area contributed by atoms with E-state index >= 15 is 0 Å². The van der Waals surface area contributed by atoms with Crippen molar-refractivity contribution in [3.8, 4) is 5.75 Å². The third kappa shape index (κ3) is 3.24. The second-order valence-corrected chi connectivity index (χ2v) is 5.35. The Morgan fingerprint density at radius 2 is 1.95 bits per heavy atom. The maximum Gasteiger partial charge on any atom is 0.121 e. The second kappa shape index (κ2) is 7.29. The van der Waals surface area contributed by atoms with E-state index < -0.39 is 5.92 Å². The van der Waals surface area contributed by atoms with E-state index in [4.69, 9.17) is 28.9 Å². The molecule has 0 aliphatic carbocycles. The predicted molar refractivity (Wildman–Crippen MR) is 90.9 cm³/mol. The lowest BCUT2D eigenvalue weighted by atomic mass is 9.85. The predicted octanol–water partition coefficient (Wildman–Crippen LogP) is 3.77. The minimum Gasteiger partial charge on any atom is -0.508 e. The minimum absolute atomic E-state index is 0.0417. The molecule has 1 unspecified atom stereocenters. The SMILES string of the molecule is CN=CC(=CN)C(c1ccncc1)c1c(O)ccc(Cl)c1Cl. The Balaban J connectivity index is 2.73. The largest absolute Gasteiger partial charge is 0.508 e. The highest BCUT2D eigenvalue weighted by atomic mass is 35.5. The van der Waals surface area contributed by atoms with Gasteiger partial charge in [0.1, 0.15) is 5.75 Å². The molecule has 3 N–H and O–H groups in total. The molecule has 0 aliphatic heterocycles. The van der Waals surface area contributed by atoms with Gasteiger partial charge in [-0.2, -0.15) is 0 Å². The summed E-state index contributed by atoms with van der Waals surface area (Å²) in [6.07, 6.45) is 6.39. The van der Waals surface area contributed by atoms with Gasteiger partial charge in [0.2, 0.25) is 0 Å². The van der Waals surface area contributed by atoms with Gasteiger partial charge in [-0.25, -0.2) is 0 Å². The molecule has 0 radical (unpaired) electrons. The maximum absolute atomic E-state index is 10.3. The van der Waals surface area contributed by atoms with Crippen LogP contribution in [0.1, 0.15) is 17.0 Å². The summed E-state index contributed by atoms with van der Waals surface area (Å²) >= 11 is 12.4. The fourth-order valence-electron chi connectivity index (χ4n) is 2.28. The number of phenols is 1. The summed E-state index contributed by atoms with van der Waals surface area (Å²) in [5, 5.41) is 10.9. The lowest BCUT2D eigenvalue weighted by molar-refractivity contribution is 0.467. The first-order chi connectivity index (χ1) is 10.6. The van der Waals surface area contributed by atoms with Gasteiger partial charge in [-0.3, -0.25) is 9.98 Å². The third-order valence-corrected chi connectivity index (χ3v) is 4.06. The smallest absolute Gasteiger partial charge is 0.121 e. The first-order valence-electron chi connectivity index (χ1n) is 6.50. The number of hydrogen-bond donors (Lipinski definition) is 2. The van der Waals surface area contributed by atoms with E-state index in [0.29, 0.717) is 16.2 Å². The Kier molecular flexibility index (Phi) is 5.41. The van der Waals surface area contributed by atoms with Crippen molar-refractivity contribution < 1.29 is 5.11 Å². The van der Waals surface area contributed by atoms with E-state index in [1.54, 1.807) is 31.7 Å². The van der Waals surface area contributed by atoms with Crippen LogP contribution in [-0.4, -0.2) is 23.4 Å². The number of hydrogen-bond acceptors (Lipinski definition) is 4. The van der Waals surface area contributed by atoms with Crippen LogP contribution in [0.15, 0.2) is 53.4 Å². The number of nitrogens with zero attached hydrogens (tertiary/aromatic N) is 2. The van der Waals surface area contributed by atoms with Gasteiger partial charge < -0.3 is 10.8 Å². The molecule has 1 heterocycles. The van der Waals surface area contributed by atoms with E-state index in [1.807, 2.05) is 12.1 Å². The quantitative estimate of drug-likeness (QED) is 0.835. The van der Waals surface area contributed by atoms with Crippen LogP contribution in [0, 0.1) is 0 Å². The first kappa shape index (κ1) is 16.3. The third-order valence-electron chi connectivity index (χ3n) is 3.24.